The van der Waals surface area contributed by atoms with E-state index in [2.05, 4.69) is 15.4 Å². The van der Waals surface area contributed by atoms with Crippen LogP contribution in [0.1, 0.15) is 38.2 Å². The molecule has 1 saturated heterocycles. The Labute approximate surface area is 170 Å². The molecule has 29 heavy (non-hydrogen) atoms. The van der Waals surface area contributed by atoms with Gasteiger partial charge < -0.3 is 5.11 Å². The largest absolute Gasteiger partial charge is 0.388 e. The quantitative estimate of drug-likeness (QED) is 0.691. The number of carbonyl (C=O) groups excluding carboxylic acids is 1. The molecule has 10 nitrogen and oxygen atoms in total. The number of amides is 1. The van der Waals surface area contributed by atoms with Gasteiger partial charge >= 0.3 is 0 Å². The fourth-order valence-corrected chi connectivity index (χ4v) is 5.28. The van der Waals surface area contributed by atoms with Crippen LogP contribution in [0.3, 0.4) is 0 Å². The van der Waals surface area contributed by atoms with Crippen LogP contribution in [0.25, 0.3) is 0 Å². The average molecular weight is 425 g/mol. The van der Waals surface area contributed by atoms with Gasteiger partial charge in [0.25, 0.3) is 0 Å². The zero-order chi connectivity index (χ0) is 20.8. The van der Waals surface area contributed by atoms with Gasteiger partial charge in [-0.2, -0.15) is 9.29 Å². The van der Waals surface area contributed by atoms with Crippen molar-refractivity contribution in [1.29, 1.82) is 0 Å². The Morgan fingerprint density at radius 2 is 1.97 bits per heavy atom. The highest BCUT2D eigenvalue weighted by atomic mass is 32.2. The summed E-state index contributed by atoms with van der Waals surface area (Å²) in [5.41, 5.74) is 3.12. The molecule has 1 saturated carbocycles. The second kappa shape index (κ2) is 7.46. The Kier molecular flexibility index (Phi) is 5.26. The SMILES string of the molecule is C[C@@]1(O)CCC[C@H]1N1C(=O)CCc2cnc(NN3CCN(S(C)(=O)=O)CC3)nc21. The first kappa shape index (κ1) is 20.5. The number of piperazine rings is 1. The lowest BCUT2D eigenvalue weighted by atomic mass is 9.95. The maximum absolute atomic E-state index is 12.7. The van der Waals surface area contributed by atoms with E-state index in [0.717, 1.165) is 18.4 Å². The molecule has 2 fully saturated rings. The number of hydrazine groups is 1. The monoisotopic (exact) mass is 424 g/mol. The number of anilines is 2. The molecule has 11 heteroatoms. The standard InChI is InChI=1S/C18H28N6O4S/c1-18(26)7-3-4-14(18)24-15(25)6-5-13-12-19-17(20-16(13)24)21-22-8-10-23(11-9-22)29(2,27)28/h12,14,26H,3-11H2,1-2H3,(H,19,20,21)/t14-,18-/m1/s1. The van der Waals surface area contributed by atoms with Gasteiger partial charge in [-0.15, -0.1) is 0 Å². The van der Waals surface area contributed by atoms with Gasteiger partial charge in [0, 0.05) is 44.4 Å². The fraction of sp³-hybridized carbons (Fsp3) is 0.722. The molecule has 0 aromatic carbocycles. The van der Waals surface area contributed by atoms with Crippen LogP contribution in [0.5, 0.6) is 0 Å². The summed E-state index contributed by atoms with van der Waals surface area (Å²) in [5, 5.41) is 12.6. The van der Waals surface area contributed by atoms with E-state index in [9.17, 15) is 18.3 Å². The molecule has 3 aliphatic rings. The van der Waals surface area contributed by atoms with Gasteiger partial charge in [-0.3, -0.25) is 15.1 Å². The van der Waals surface area contributed by atoms with E-state index in [-0.39, 0.29) is 11.9 Å². The summed E-state index contributed by atoms with van der Waals surface area (Å²) in [6, 6.07) is -0.282. The molecule has 1 amide bonds. The lowest BCUT2D eigenvalue weighted by molar-refractivity contribution is -0.120. The first-order valence-corrected chi connectivity index (χ1v) is 11.9. The first-order valence-electron chi connectivity index (χ1n) is 10.0. The molecule has 160 valence electrons. The van der Waals surface area contributed by atoms with Crippen molar-refractivity contribution < 1.29 is 18.3 Å². The Balaban J connectivity index is 1.53. The van der Waals surface area contributed by atoms with Crippen molar-refractivity contribution in [3.63, 3.8) is 0 Å². The van der Waals surface area contributed by atoms with Gasteiger partial charge in [0.1, 0.15) is 5.82 Å². The summed E-state index contributed by atoms with van der Waals surface area (Å²) in [5.74, 6) is 0.922. The Bertz CT molecular complexity index is 898. The number of carbonyl (C=O) groups is 1. The third-order valence-corrected chi connectivity index (χ3v) is 7.41. The van der Waals surface area contributed by atoms with E-state index in [4.69, 9.17) is 0 Å². The molecule has 3 heterocycles. The topological polar surface area (TPSA) is 119 Å². The zero-order valence-corrected chi connectivity index (χ0v) is 17.7. The van der Waals surface area contributed by atoms with Crippen LogP contribution in [-0.4, -0.2) is 82.8 Å². The summed E-state index contributed by atoms with van der Waals surface area (Å²) in [6.45, 7) is 3.59. The summed E-state index contributed by atoms with van der Waals surface area (Å²) in [6.07, 6.45) is 6.22. The molecule has 2 N–H and O–H groups in total. The van der Waals surface area contributed by atoms with Crippen molar-refractivity contribution in [3.8, 4) is 0 Å². The Morgan fingerprint density at radius 3 is 2.59 bits per heavy atom. The van der Waals surface area contributed by atoms with Gasteiger partial charge in [-0.05, 0) is 32.6 Å². The predicted molar refractivity (Wildman–Crippen MR) is 108 cm³/mol. The molecular formula is C18H28N6O4S. The minimum Gasteiger partial charge on any atom is -0.388 e. The Morgan fingerprint density at radius 1 is 1.24 bits per heavy atom. The molecular weight excluding hydrogens is 396 g/mol. The number of hydrogen-bond donors (Lipinski definition) is 2. The number of aromatic nitrogens is 2. The molecule has 1 aromatic rings. The molecule has 0 radical (unpaired) electrons. The van der Waals surface area contributed by atoms with Crippen LogP contribution in [0.15, 0.2) is 6.20 Å². The van der Waals surface area contributed by atoms with Crippen molar-refractivity contribution in [2.45, 2.75) is 50.7 Å². The summed E-state index contributed by atoms with van der Waals surface area (Å²) in [4.78, 5) is 23.4. The smallest absolute Gasteiger partial charge is 0.239 e. The number of aliphatic hydroxyl groups is 1. The van der Waals surface area contributed by atoms with Crippen LogP contribution in [0.4, 0.5) is 11.8 Å². The van der Waals surface area contributed by atoms with E-state index in [0.29, 0.717) is 57.2 Å². The van der Waals surface area contributed by atoms with Crippen molar-refractivity contribution >= 4 is 27.7 Å². The number of hydrogen-bond acceptors (Lipinski definition) is 8. The molecule has 0 bridgehead atoms. The number of sulfonamides is 1. The van der Waals surface area contributed by atoms with Gasteiger partial charge in [-0.1, -0.05) is 0 Å². The molecule has 1 aliphatic carbocycles. The van der Waals surface area contributed by atoms with E-state index < -0.39 is 15.6 Å². The second-order valence-corrected chi connectivity index (χ2v) is 10.3. The van der Waals surface area contributed by atoms with Crippen LogP contribution < -0.4 is 10.3 Å². The van der Waals surface area contributed by atoms with Gasteiger partial charge in [0.05, 0.1) is 17.9 Å². The van der Waals surface area contributed by atoms with Crippen LogP contribution in [-0.2, 0) is 21.2 Å². The second-order valence-electron chi connectivity index (χ2n) is 8.33. The average Bonchev–Trinajstić information content (AvgIpc) is 3.00. The third-order valence-electron chi connectivity index (χ3n) is 6.10. The predicted octanol–water partition coefficient (Wildman–Crippen LogP) is -0.0366. The highest BCUT2D eigenvalue weighted by molar-refractivity contribution is 7.88. The van der Waals surface area contributed by atoms with E-state index in [1.165, 1.54) is 10.6 Å². The van der Waals surface area contributed by atoms with E-state index in [1.54, 1.807) is 18.0 Å². The normalized spacial score (nSPS) is 29.1. The first-order chi connectivity index (χ1) is 13.6. The summed E-state index contributed by atoms with van der Waals surface area (Å²) < 4.78 is 24.8. The third kappa shape index (κ3) is 4.09. The van der Waals surface area contributed by atoms with Crippen molar-refractivity contribution in [2.24, 2.45) is 0 Å². The molecule has 0 unspecified atom stereocenters. The minimum atomic E-state index is -3.19. The zero-order valence-electron chi connectivity index (χ0n) is 16.8. The number of fused-ring (bicyclic) bond motifs is 1. The highest BCUT2D eigenvalue weighted by Crippen LogP contribution is 2.39. The molecule has 1 aromatic heterocycles. The van der Waals surface area contributed by atoms with Gasteiger partial charge in [0.2, 0.25) is 21.9 Å². The summed E-state index contributed by atoms with van der Waals surface area (Å²) in [7, 11) is -3.19. The van der Waals surface area contributed by atoms with Crippen molar-refractivity contribution in [2.75, 3.05) is 42.8 Å². The van der Waals surface area contributed by atoms with E-state index in [1.807, 2.05) is 5.01 Å². The van der Waals surface area contributed by atoms with Crippen LogP contribution in [0.2, 0.25) is 0 Å². The summed E-state index contributed by atoms with van der Waals surface area (Å²) >= 11 is 0. The highest BCUT2D eigenvalue weighted by Gasteiger charge is 2.45. The lowest BCUT2D eigenvalue weighted by Crippen LogP contribution is -2.53. The van der Waals surface area contributed by atoms with E-state index >= 15 is 0 Å². The number of nitrogens with one attached hydrogen (secondary N) is 1. The van der Waals surface area contributed by atoms with Crippen LogP contribution in [0, 0.1) is 0 Å². The fourth-order valence-electron chi connectivity index (χ4n) is 4.45. The molecule has 2 aliphatic heterocycles. The van der Waals surface area contributed by atoms with Gasteiger partial charge in [-0.25, -0.2) is 18.4 Å². The van der Waals surface area contributed by atoms with Crippen LogP contribution >= 0.6 is 0 Å². The van der Waals surface area contributed by atoms with Crippen molar-refractivity contribution in [3.05, 3.63) is 11.8 Å². The molecule has 4 rings (SSSR count). The van der Waals surface area contributed by atoms with Crippen molar-refractivity contribution in [1.82, 2.24) is 19.3 Å². The molecule has 0 spiro atoms. The maximum atomic E-state index is 12.7. The maximum Gasteiger partial charge on any atom is 0.239 e. The molecule has 2 atom stereocenters. The number of rotatable bonds is 4. The number of aryl methyl sites for hydroxylation is 1. The minimum absolute atomic E-state index is 0.0175. The Hall–Kier alpha value is -1.82. The lowest BCUT2D eigenvalue weighted by Gasteiger charge is -2.39. The van der Waals surface area contributed by atoms with Gasteiger partial charge in [0.15, 0.2) is 0 Å². The number of nitrogens with zero attached hydrogens (tertiary/aromatic N) is 5.